The molecule has 0 unspecified atom stereocenters. The van der Waals surface area contributed by atoms with E-state index in [4.69, 9.17) is 0 Å². The van der Waals surface area contributed by atoms with Gasteiger partial charge in [0.1, 0.15) is 0 Å². The van der Waals surface area contributed by atoms with E-state index in [9.17, 15) is 0 Å². The second kappa shape index (κ2) is 5.06. The van der Waals surface area contributed by atoms with E-state index >= 15 is 0 Å². The van der Waals surface area contributed by atoms with Gasteiger partial charge in [-0.3, -0.25) is 0 Å². The standard InChI is InChI=1S/C19H24N/c1-20(2)15-13-19(14-16-20,17-9-5-3-6-10-17)18-11-7-4-8-12-18/h3-12H,13-16H2,1-2H3/q+1. The molecular weight excluding hydrogens is 242 g/mol. The van der Waals surface area contributed by atoms with Crippen LogP contribution in [0.5, 0.6) is 0 Å². The molecule has 0 spiro atoms. The van der Waals surface area contributed by atoms with E-state index < -0.39 is 0 Å². The summed E-state index contributed by atoms with van der Waals surface area (Å²) in [6.07, 6.45) is 2.46. The van der Waals surface area contributed by atoms with Gasteiger partial charge in [-0.25, -0.2) is 0 Å². The Morgan fingerprint density at radius 2 is 1.10 bits per heavy atom. The van der Waals surface area contributed by atoms with Crippen molar-refractivity contribution in [3.8, 4) is 0 Å². The molecule has 3 rings (SSSR count). The Morgan fingerprint density at radius 1 is 0.700 bits per heavy atom. The lowest BCUT2D eigenvalue weighted by Crippen LogP contribution is -2.51. The van der Waals surface area contributed by atoms with E-state index in [1.165, 1.54) is 37.1 Å². The first-order valence-corrected chi connectivity index (χ1v) is 7.56. The summed E-state index contributed by atoms with van der Waals surface area (Å²) >= 11 is 0. The maximum absolute atomic E-state index is 2.35. The van der Waals surface area contributed by atoms with Crippen LogP contribution in [0.25, 0.3) is 0 Å². The molecule has 1 heteroatoms. The van der Waals surface area contributed by atoms with Gasteiger partial charge in [0, 0.05) is 18.3 Å². The number of hydrogen-bond donors (Lipinski definition) is 0. The molecule has 0 amide bonds. The van der Waals surface area contributed by atoms with Crippen molar-refractivity contribution in [2.24, 2.45) is 0 Å². The largest absolute Gasteiger partial charge is 0.328 e. The van der Waals surface area contributed by atoms with Crippen LogP contribution in [0.15, 0.2) is 60.7 Å². The van der Waals surface area contributed by atoms with Crippen molar-refractivity contribution in [1.29, 1.82) is 0 Å². The number of rotatable bonds is 2. The summed E-state index contributed by atoms with van der Waals surface area (Å²) in [6.45, 7) is 2.48. The number of likely N-dealkylation sites (tertiary alicyclic amines) is 1. The zero-order chi connectivity index (χ0) is 14.1. The lowest BCUT2D eigenvalue weighted by atomic mass is 9.68. The van der Waals surface area contributed by atoms with Gasteiger partial charge in [0.25, 0.3) is 0 Å². The van der Waals surface area contributed by atoms with Crippen molar-refractivity contribution in [2.75, 3.05) is 27.2 Å². The number of benzene rings is 2. The van der Waals surface area contributed by atoms with Crippen molar-refractivity contribution in [3.63, 3.8) is 0 Å². The normalized spacial score (nSPS) is 20.5. The Bertz CT molecular complexity index is 505. The average Bonchev–Trinajstić information content (AvgIpc) is 2.50. The third kappa shape index (κ3) is 2.38. The number of hydrogen-bond acceptors (Lipinski definition) is 0. The van der Waals surface area contributed by atoms with Crippen molar-refractivity contribution >= 4 is 0 Å². The van der Waals surface area contributed by atoms with E-state index in [1.54, 1.807) is 0 Å². The van der Waals surface area contributed by atoms with E-state index in [0.29, 0.717) is 0 Å². The molecule has 0 aliphatic carbocycles. The minimum absolute atomic E-state index is 0.205. The van der Waals surface area contributed by atoms with Crippen molar-refractivity contribution in [1.82, 2.24) is 0 Å². The van der Waals surface area contributed by atoms with E-state index in [2.05, 4.69) is 74.8 Å². The molecule has 0 N–H and O–H groups in total. The maximum Gasteiger partial charge on any atom is 0.0794 e. The van der Waals surface area contributed by atoms with Gasteiger partial charge in [-0.05, 0) is 11.1 Å². The summed E-state index contributed by atoms with van der Waals surface area (Å²) in [4.78, 5) is 0. The third-order valence-electron chi connectivity index (χ3n) is 4.94. The monoisotopic (exact) mass is 266 g/mol. The summed E-state index contributed by atoms with van der Waals surface area (Å²) in [5.41, 5.74) is 3.16. The molecule has 1 fully saturated rings. The third-order valence-corrected chi connectivity index (χ3v) is 4.94. The van der Waals surface area contributed by atoms with Gasteiger partial charge in [-0.2, -0.15) is 0 Å². The molecular formula is C19H24N+. The lowest BCUT2D eigenvalue weighted by Gasteiger charge is -2.45. The van der Waals surface area contributed by atoms with Crippen LogP contribution in [0.1, 0.15) is 24.0 Å². The first-order chi connectivity index (χ1) is 9.62. The molecule has 1 saturated heterocycles. The second-order valence-electron chi connectivity index (χ2n) is 6.70. The number of piperidine rings is 1. The van der Waals surface area contributed by atoms with Gasteiger partial charge in [0.2, 0.25) is 0 Å². The smallest absolute Gasteiger partial charge is 0.0794 e. The second-order valence-corrected chi connectivity index (χ2v) is 6.70. The van der Waals surface area contributed by atoms with Gasteiger partial charge >= 0.3 is 0 Å². The van der Waals surface area contributed by atoms with Crippen LogP contribution in [0.2, 0.25) is 0 Å². The topological polar surface area (TPSA) is 0 Å². The van der Waals surface area contributed by atoms with Crippen LogP contribution in [0.3, 0.4) is 0 Å². The number of nitrogens with zero attached hydrogens (tertiary/aromatic N) is 1. The molecule has 2 aromatic rings. The molecule has 104 valence electrons. The Morgan fingerprint density at radius 3 is 1.50 bits per heavy atom. The first kappa shape index (κ1) is 13.4. The Balaban J connectivity index is 2.06. The molecule has 1 aliphatic rings. The summed E-state index contributed by atoms with van der Waals surface area (Å²) in [7, 11) is 4.69. The lowest BCUT2D eigenvalue weighted by molar-refractivity contribution is -0.896. The van der Waals surface area contributed by atoms with E-state index in [1.807, 2.05) is 0 Å². The van der Waals surface area contributed by atoms with Gasteiger partial charge in [-0.1, -0.05) is 60.7 Å². The van der Waals surface area contributed by atoms with Crippen molar-refractivity contribution < 1.29 is 4.48 Å². The molecule has 20 heavy (non-hydrogen) atoms. The van der Waals surface area contributed by atoms with Gasteiger partial charge < -0.3 is 4.48 Å². The maximum atomic E-state index is 2.35. The molecule has 0 saturated carbocycles. The summed E-state index contributed by atoms with van der Waals surface area (Å²) in [6, 6.07) is 22.1. The fraction of sp³-hybridized carbons (Fsp3) is 0.368. The van der Waals surface area contributed by atoms with Gasteiger partial charge in [0.15, 0.2) is 0 Å². The highest BCUT2D eigenvalue weighted by molar-refractivity contribution is 5.39. The molecule has 2 aromatic carbocycles. The van der Waals surface area contributed by atoms with Crippen LogP contribution >= 0.6 is 0 Å². The molecule has 0 bridgehead atoms. The Hall–Kier alpha value is -1.60. The minimum Gasteiger partial charge on any atom is -0.328 e. The predicted molar refractivity (Wildman–Crippen MR) is 84.7 cm³/mol. The summed E-state index contributed by atoms with van der Waals surface area (Å²) < 4.78 is 1.14. The molecule has 0 radical (unpaired) electrons. The molecule has 1 aliphatic heterocycles. The van der Waals surface area contributed by atoms with Crippen LogP contribution in [0.4, 0.5) is 0 Å². The van der Waals surface area contributed by atoms with Gasteiger partial charge in [-0.15, -0.1) is 0 Å². The van der Waals surface area contributed by atoms with E-state index in [-0.39, 0.29) is 5.41 Å². The molecule has 0 aromatic heterocycles. The highest BCUT2D eigenvalue weighted by atomic mass is 15.3. The van der Waals surface area contributed by atoms with Gasteiger partial charge in [0.05, 0.1) is 27.2 Å². The van der Waals surface area contributed by atoms with Crippen molar-refractivity contribution in [3.05, 3.63) is 71.8 Å². The summed E-state index contributed by atoms with van der Waals surface area (Å²) in [5, 5.41) is 0. The first-order valence-electron chi connectivity index (χ1n) is 7.56. The number of quaternary nitrogens is 1. The van der Waals surface area contributed by atoms with Crippen LogP contribution in [-0.2, 0) is 5.41 Å². The van der Waals surface area contributed by atoms with Crippen LogP contribution in [0, 0.1) is 0 Å². The molecule has 1 heterocycles. The molecule has 0 atom stereocenters. The minimum atomic E-state index is 0.205. The Kier molecular flexibility index (Phi) is 3.39. The highest BCUT2D eigenvalue weighted by Gasteiger charge is 2.41. The summed E-state index contributed by atoms with van der Waals surface area (Å²) in [5.74, 6) is 0. The Labute approximate surface area is 122 Å². The van der Waals surface area contributed by atoms with Crippen LogP contribution < -0.4 is 0 Å². The molecule has 1 nitrogen and oxygen atoms in total. The van der Waals surface area contributed by atoms with E-state index in [0.717, 1.165) is 4.48 Å². The quantitative estimate of drug-likeness (QED) is 0.724. The van der Waals surface area contributed by atoms with Crippen LogP contribution in [-0.4, -0.2) is 31.7 Å². The average molecular weight is 266 g/mol. The predicted octanol–water partition coefficient (Wildman–Crippen LogP) is 3.84. The SMILES string of the molecule is C[N+]1(C)CCC(c2ccccc2)(c2ccccc2)CC1. The fourth-order valence-electron chi connectivity index (χ4n) is 3.48. The fourth-order valence-corrected chi connectivity index (χ4v) is 3.48. The zero-order valence-electron chi connectivity index (χ0n) is 12.5. The highest BCUT2D eigenvalue weighted by Crippen LogP contribution is 2.42. The van der Waals surface area contributed by atoms with Crippen molar-refractivity contribution in [2.45, 2.75) is 18.3 Å². The zero-order valence-corrected chi connectivity index (χ0v) is 12.5.